The topological polar surface area (TPSA) is 38.3 Å². The first-order chi connectivity index (χ1) is 6.75. The molecule has 1 heterocycles. The van der Waals surface area contributed by atoms with E-state index < -0.39 is 0 Å². The highest BCUT2D eigenvalue weighted by atomic mass is 16.5. The van der Waals surface area contributed by atoms with Crippen molar-refractivity contribution in [2.75, 3.05) is 13.2 Å². The molecule has 3 nitrogen and oxygen atoms in total. The second-order valence-electron chi connectivity index (χ2n) is 4.07. The van der Waals surface area contributed by atoms with Crippen molar-refractivity contribution in [2.24, 2.45) is 5.92 Å². The van der Waals surface area contributed by atoms with Gasteiger partial charge in [-0.3, -0.25) is 4.79 Å². The normalized spacial score (nSPS) is 26.4. The fraction of sp³-hybridized carbons (Fsp3) is 0.909. The van der Waals surface area contributed by atoms with Gasteiger partial charge in [-0.05, 0) is 25.3 Å². The summed E-state index contributed by atoms with van der Waals surface area (Å²) in [5.74, 6) is 0.361. The van der Waals surface area contributed by atoms with Crippen LogP contribution in [0.5, 0.6) is 0 Å². The van der Waals surface area contributed by atoms with E-state index in [1.54, 1.807) is 0 Å². The molecule has 14 heavy (non-hydrogen) atoms. The number of hydrogen-bond donors (Lipinski definition) is 1. The Balaban J connectivity index is 2.14. The molecule has 3 heteroatoms. The van der Waals surface area contributed by atoms with E-state index in [9.17, 15) is 4.79 Å². The van der Waals surface area contributed by atoms with Crippen LogP contribution in [0.3, 0.4) is 0 Å². The molecule has 0 aromatic carbocycles. The van der Waals surface area contributed by atoms with Crippen LogP contribution < -0.4 is 5.32 Å². The first kappa shape index (κ1) is 11.5. The lowest BCUT2D eigenvalue weighted by molar-refractivity contribution is -0.146. The van der Waals surface area contributed by atoms with Crippen LogP contribution in [0, 0.1) is 5.92 Å². The molecule has 82 valence electrons. The standard InChI is InChI=1S/C11H21NO2/c1-3-4-5-8-14-11(13)10-9(2)6-7-12-10/h9-10,12H,3-8H2,1-2H3. The third kappa shape index (κ3) is 3.29. The predicted molar refractivity (Wildman–Crippen MR) is 56.1 cm³/mol. The Morgan fingerprint density at radius 3 is 2.86 bits per heavy atom. The molecular formula is C11H21NO2. The summed E-state index contributed by atoms with van der Waals surface area (Å²) in [4.78, 5) is 11.5. The molecule has 2 atom stereocenters. The molecule has 1 saturated heterocycles. The molecule has 0 radical (unpaired) electrons. The van der Waals surface area contributed by atoms with E-state index in [0.717, 1.165) is 32.2 Å². The molecule has 2 unspecified atom stereocenters. The van der Waals surface area contributed by atoms with E-state index in [1.807, 2.05) is 0 Å². The molecule has 1 rings (SSSR count). The number of carbonyl (C=O) groups is 1. The third-order valence-electron chi connectivity index (χ3n) is 2.78. The molecule has 0 spiro atoms. The number of nitrogens with one attached hydrogen (secondary N) is 1. The highest BCUT2D eigenvalue weighted by Crippen LogP contribution is 2.15. The summed E-state index contributed by atoms with van der Waals surface area (Å²) in [6, 6.07) is -0.0587. The van der Waals surface area contributed by atoms with Crippen LogP contribution in [-0.4, -0.2) is 25.2 Å². The van der Waals surface area contributed by atoms with Gasteiger partial charge in [-0.15, -0.1) is 0 Å². The molecule has 0 saturated carbocycles. The highest BCUT2D eigenvalue weighted by Gasteiger charge is 2.30. The number of carbonyl (C=O) groups excluding carboxylic acids is 1. The summed E-state index contributed by atoms with van der Waals surface area (Å²) in [5.41, 5.74) is 0. The molecule has 1 aliphatic rings. The second-order valence-corrected chi connectivity index (χ2v) is 4.07. The van der Waals surface area contributed by atoms with Crippen molar-refractivity contribution in [3.8, 4) is 0 Å². The number of ether oxygens (including phenoxy) is 1. The van der Waals surface area contributed by atoms with E-state index in [4.69, 9.17) is 4.74 Å². The maximum absolute atomic E-state index is 11.5. The Kier molecular flexibility index (Phi) is 4.94. The zero-order valence-electron chi connectivity index (χ0n) is 9.21. The van der Waals surface area contributed by atoms with Gasteiger partial charge in [-0.25, -0.2) is 0 Å². The van der Waals surface area contributed by atoms with Crippen molar-refractivity contribution in [1.82, 2.24) is 5.32 Å². The van der Waals surface area contributed by atoms with Crippen LogP contribution in [0.25, 0.3) is 0 Å². The van der Waals surface area contributed by atoms with Crippen LogP contribution in [0.2, 0.25) is 0 Å². The Labute approximate surface area is 86.2 Å². The van der Waals surface area contributed by atoms with Gasteiger partial charge in [0, 0.05) is 0 Å². The molecule has 0 aromatic rings. The summed E-state index contributed by atoms with van der Waals surface area (Å²) in [7, 11) is 0. The van der Waals surface area contributed by atoms with Gasteiger partial charge in [-0.2, -0.15) is 0 Å². The average Bonchev–Trinajstić information content (AvgIpc) is 2.59. The molecular weight excluding hydrogens is 178 g/mol. The molecule has 1 aliphatic heterocycles. The Hall–Kier alpha value is -0.570. The Bertz CT molecular complexity index is 182. The lowest BCUT2D eigenvalue weighted by atomic mass is 10.0. The van der Waals surface area contributed by atoms with Gasteiger partial charge >= 0.3 is 5.97 Å². The smallest absolute Gasteiger partial charge is 0.323 e. The minimum absolute atomic E-state index is 0.0587. The number of esters is 1. The largest absolute Gasteiger partial charge is 0.465 e. The van der Waals surface area contributed by atoms with E-state index in [-0.39, 0.29) is 12.0 Å². The summed E-state index contributed by atoms with van der Waals surface area (Å²) < 4.78 is 5.20. The average molecular weight is 199 g/mol. The van der Waals surface area contributed by atoms with Gasteiger partial charge in [-0.1, -0.05) is 26.7 Å². The lowest BCUT2D eigenvalue weighted by Gasteiger charge is -2.14. The SMILES string of the molecule is CCCCCOC(=O)C1NCCC1C. The van der Waals surface area contributed by atoms with Crippen molar-refractivity contribution in [1.29, 1.82) is 0 Å². The maximum Gasteiger partial charge on any atom is 0.323 e. The van der Waals surface area contributed by atoms with Gasteiger partial charge in [0.05, 0.1) is 6.61 Å². The van der Waals surface area contributed by atoms with Crippen molar-refractivity contribution in [2.45, 2.75) is 45.6 Å². The van der Waals surface area contributed by atoms with Gasteiger partial charge < -0.3 is 10.1 Å². The third-order valence-corrected chi connectivity index (χ3v) is 2.78. The summed E-state index contributed by atoms with van der Waals surface area (Å²) >= 11 is 0. The van der Waals surface area contributed by atoms with Crippen LogP contribution >= 0.6 is 0 Å². The van der Waals surface area contributed by atoms with Crippen molar-refractivity contribution in [3.63, 3.8) is 0 Å². The van der Waals surface area contributed by atoms with Crippen LogP contribution in [-0.2, 0) is 9.53 Å². The molecule has 0 aliphatic carbocycles. The van der Waals surface area contributed by atoms with E-state index in [2.05, 4.69) is 19.2 Å². The fourth-order valence-corrected chi connectivity index (χ4v) is 1.76. The summed E-state index contributed by atoms with van der Waals surface area (Å²) in [6.45, 7) is 5.76. The van der Waals surface area contributed by atoms with Gasteiger partial charge in [0.1, 0.15) is 6.04 Å². The number of rotatable bonds is 5. The van der Waals surface area contributed by atoms with Gasteiger partial charge in [0.15, 0.2) is 0 Å². The number of hydrogen-bond acceptors (Lipinski definition) is 3. The monoisotopic (exact) mass is 199 g/mol. The molecule has 0 amide bonds. The minimum Gasteiger partial charge on any atom is -0.465 e. The van der Waals surface area contributed by atoms with E-state index in [1.165, 1.54) is 0 Å². The summed E-state index contributed by atoms with van der Waals surface area (Å²) in [6.07, 6.45) is 4.37. The molecule has 1 N–H and O–H groups in total. The van der Waals surface area contributed by atoms with Crippen LogP contribution in [0.15, 0.2) is 0 Å². The van der Waals surface area contributed by atoms with Crippen molar-refractivity contribution in [3.05, 3.63) is 0 Å². The van der Waals surface area contributed by atoms with Crippen molar-refractivity contribution >= 4 is 5.97 Å². The van der Waals surface area contributed by atoms with Gasteiger partial charge in [0.25, 0.3) is 0 Å². The fourth-order valence-electron chi connectivity index (χ4n) is 1.76. The van der Waals surface area contributed by atoms with Gasteiger partial charge in [0.2, 0.25) is 0 Å². The van der Waals surface area contributed by atoms with E-state index >= 15 is 0 Å². The second kappa shape index (κ2) is 6.02. The predicted octanol–water partition coefficient (Wildman–Crippen LogP) is 1.72. The molecule has 0 aromatic heterocycles. The quantitative estimate of drug-likeness (QED) is 0.541. The summed E-state index contributed by atoms with van der Waals surface area (Å²) in [5, 5.41) is 3.17. The highest BCUT2D eigenvalue weighted by molar-refractivity contribution is 5.76. The van der Waals surface area contributed by atoms with Crippen molar-refractivity contribution < 1.29 is 9.53 Å². The zero-order chi connectivity index (χ0) is 10.4. The first-order valence-electron chi connectivity index (χ1n) is 5.65. The number of unbranched alkanes of at least 4 members (excludes halogenated alkanes) is 2. The molecule has 1 fully saturated rings. The maximum atomic E-state index is 11.5. The van der Waals surface area contributed by atoms with Crippen LogP contribution in [0.4, 0.5) is 0 Å². The Morgan fingerprint density at radius 1 is 1.50 bits per heavy atom. The lowest BCUT2D eigenvalue weighted by Crippen LogP contribution is -2.36. The zero-order valence-corrected chi connectivity index (χ0v) is 9.21. The Morgan fingerprint density at radius 2 is 2.29 bits per heavy atom. The minimum atomic E-state index is -0.0638. The van der Waals surface area contributed by atoms with Crippen LogP contribution in [0.1, 0.15) is 39.5 Å². The first-order valence-corrected chi connectivity index (χ1v) is 5.65. The van der Waals surface area contributed by atoms with E-state index in [0.29, 0.717) is 12.5 Å². The molecule has 0 bridgehead atoms.